The van der Waals surface area contributed by atoms with Crippen LogP contribution in [0.25, 0.3) is 0 Å². The molecule has 0 aromatic heterocycles. The molecule has 0 aromatic carbocycles. The third-order valence-electron chi connectivity index (χ3n) is 6.12. The Balaban J connectivity index is 1.90. The third-order valence-corrected chi connectivity index (χ3v) is 6.12. The van der Waals surface area contributed by atoms with Crippen LogP contribution in [-0.4, -0.2) is 24.3 Å². The summed E-state index contributed by atoms with van der Waals surface area (Å²) in [7, 11) is 1.46. The van der Waals surface area contributed by atoms with E-state index in [1.54, 1.807) is 0 Å². The van der Waals surface area contributed by atoms with Crippen molar-refractivity contribution in [1.82, 2.24) is 0 Å². The number of hydrogen-bond acceptors (Lipinski definition) is 3. The summed E-state index contributed by atoms with van der Waals surface area (Å²) in [6.45, 7) is 4.73. The minimum atomic E-state index is -0.0965. The van der Waals surface area contributed by atoms with E-state index in [0.717, 1.165) is 19.3 Å². The SMILES string of the molecule is COC(=O)CCC[C@@H](C)C1CCC2C(O)CCCC21C. The van der Waals surface area contributed by atoms with E-state index >= 15 is 0 Å². The molecule has 2 aliphatic rings. The molecule has 1 N–H and O–H groups in total. The topological polar surface area (TPSA) is 46.5 Å². The van der Waals surface area contributed by atoms with Gasteiger partial charge in [0.15, 0.2) is 0 Å². The summed E-state index contributed by atoms with van der Waals surface area (Å²) in [6.07, 6.45) is 8.33. The molecule has 0 spiro atoms. The molecule has 3 heteroatoms. The van der Waals surface area contributed by atoms with Crippen molar-refractivity contribution in [3.63, 3.8) is 0 Å². The van der Waals surface area contributed by atoms with Gasteiger partial charge in [0, 0.05) is 6.42 Å². The van der Waals surface area contributed by atoms with Gasteiger partial charge in [0.1, 0.15) is 0 Å². The fourth-order valence-electron chi connectivity index (χ4n) is 5.00. The summed E-state index contributed by atoms with van der Waals surface area (Å²) in [5.41, 5.74) is 0.322. The van der Waals surface area contributed by atoms with Crippen LogP contribution < -0.4 is 0 Å². The molecule has 2 fully saturated rings. The number of methoxy groups -OCH3 is 1. The van der Waals surface area contributed by atoms with Crippen LogP contribution in [0.4, 0.5) is 0 Å². The Morgan fingerprint density at radius 3 is 2.85 bits per heavy atom. The second-order valence-corrected chi connectivity index (χ2v) is 7.20. The highest BCUT2D eigenvalue weighted by atomic mass is 16.5. The van der Waals surface area contributed by atoms with E-state index in [1.807, 2.05) is 0 Å². The van der Waals surface area contributed by atoms with Crippen LogP contribution in [0.1, 0.15) is 65.2 Å². The van der Waals surface area contributed by atoms with Gasteiger partial charge in [-0.25, -0.2) is 0 Å². The van der Waals surface area contributed by atoms with Crippen LogP contribution >= 0.6 is 0 Å². The first-order chi connectivity index (χ1) is 9.49. The Kier molecular flexibility index (Phi) is 5.11. The standard InChI is InChI=1S/C17H30O3/c1-12(6-4-8-16(19)20-3)13-9-10-14-15(18)7-5-11-17(13,14)2/h12-15,18H,4-11H2,1-3H3/t12-,13?,14?,15?,17?/m1/s1. The van der Waals surface area contributed by atoms with Crippen LogP contribution in [0, 0.1) is 23.2 Å². The van der Waals surface area contributed by atoms with Crippen molar-refractivity contribution in [2.75, 3.05) is 7.11 Å². The molecule has 0 heterocycles. The zero-order chi connectivity index (χ0) is 14.8. The van der Waals surface area contributed by atoms with Gasteiger partial charge in [0.25, 0.3) is 0 Å². The lowest BCUT2D eigenvalue weighted by atomic mass is 9.61. The van der Waals surface area contributed by atoms with Crippen molar-refractivity contribution < 1.29 is 14.6 Å². The van der Waals surface area contributed by atoms with Gasteiger partial charge >= 0.3 is 5.97 Å². The van der Waals surface area contributed by atoms with E-state index in [0.29, 0.717) is 29.6 Å². The molecule has 0 radical (unpaired) electrons. The summed E-state index contributed by atoms with van der Waals surface area (Å²) in [5, 5.41) is 10.3. The Morgan fingerprint density at radius 1 is 1.40 bits per heavy atom. The molecule has 0 amide bonds. The molecule has 0 aromatic rings. The zero-order valence-corrected chi connectivity index (χ0v) is 13.2. The number of ether oxygens (including phenoxy) is 1. The number of hydrogen-bond donors (Lipinski definition) is 1. The highest BCUT2D eigenvalue weighted by molar-refractivity contribution is 5.68. The van der Waals surface area contributed by atoms with Gasteiger partial charge in [0.2, 0.25) is 0 Å². The number of carbonyl (C=O) groups excluding carboxylic acids is 1. The molecule has 20 heavy (non-hydrogen) atoms. The van der Waals surface area contributed by atoms with Crippen molar-refractivity contribution in [3.05, 3.63) is 0 Å². The van der Waals surface area contributed by atoms with E-state index in [9.17, 15) is 9.90 Å². The van der Waals surface area contributed by atoms with Gasteiger partial charge < -0.3 is 9.84 Å². The van der Waals surface area contributed by atoms with Gasteiger partial charge in [-0.15, -0.1) is 0 Å². The highest BCUT2D eigenvalue weighted by Gasteiger charge is 2.51. The van der Waals surface area contributed by atoms with E-state index in [4.69, 9.17) is 4.74 Å². The largest absolute Gasteiger partial charge is 0.469 e. The van der Waals surface area contributed by atoms with E-state index in [2.05, 4.69) is 13.8 Å². The summed E-state index contributed by atoms with van der Waals surface area (Å²) >= 11 is 0. The Hall–Kier alpha value is -0.570. The van der Waals surface area contributed by atoms with Gasteiger partial charge in [-0.05, 0) is 61.7 Å². The van der Waals surface area contributed by atoms with Gasteiger partial charge in [-0.3, -0.25) is 4.79 Å². The predicted octanol–water partition coefficient (Wildman–Crippen LogP) is 3.54. The molecular weight excluding hydrogens is 252 g/mol. The Labute approximate surface area is 123 Å². The molecule has 4 unspecified atom stereocenters. The van der Waals surface area contributed by atoms with Crippen LogP contribution in [0.5, 0.6) is 0 Å². The molecule has 5 atom stereocenters. The van der Waals surface area contributed by atoms with Crippen LogP contribution in [0.3, 0.4) is 0 Å². The maximum absolute atomic E-state index is 11.2. The number of aliphatic hydroxyl groups is 1. The summed E-state index contributed by atoms with van der Waals surface area (Å²) in [5.74, 6) is 1.75. The molecule has 0 bridgehead atoms. The lowest BCUT2D eigenvalue weighted by Crippen LogP contribution is -2.41. The molecule has 2 aliphatic carbocycles. The third kappa shape index (κ3) is 3.03. The van der Waals surface area contributed by atoms with Crippen LogP contribution in [-0.2, 0) is 9.53 Å². The smallest absolute Gasteiger partial charge is 0.305 e. The maximum Gasteiger partial charge on any atom is 0.305 e. The molecule has 2 saturated carbocycles. The van der Waals surface area contributed by atoms with Crippen LogP contribution in [0.15, 0.2) is 0 Å². The summed E-state index contributed by atoms with van der Waals surface area (Å²) in [6, 6.07) is 0. The monoisotopic (exact) mass is 282 g/mol. The number of carbonyl (C=O) groups is 1. The lowest BCUT2D eigenvalue weighted by molar-refractivity contribution is -0.140. The zero-order valence-electron chi connectivity index (χ0n) is 13.2. The van der Waals surface area contributed by atoms with Crippen molar-refractivity contribution in [1.29, 1.82) is 0 Å². The van der Waals surface area contributed by atoms with Crippen LogP contribution in [0.2, 0.25) is 0 Å². The molecule has 0 saturated heterocycles. The average molecular weight is 282 g/mol. The number of fused-ring (bicyclic) bond motifs is 1. The minimum Gasteiger partial charge on any atom is -0.469 e. The molecule has 0 aliphatic heterocycles. The van der Waals surface area contributed by atoms with Crippen molar-refractivity contribution >= 4 is 5.97 Å². The number of aliphatic hydroxyl groups excluding tert-OH is 1. The van der Waals surface area contributed by atoms with Gasteiger partial charge in [0.05, 0.1) is 13.2 Å². The molecular formula is C17H30O3. The Bertz CT molecular complexity index is 341. The normalized spacial score (nSPS) is 38.3. The van der Waals surface area contributed by atoms with Crippen molar-refractivity contribution in [3.8, 4) is 0 Å². The quantitative estimate of drug-likeness (QED) is 0.784. The molecule has 2 rings (SSSR count). The van der Waals surface area contributed by atoms with Gasteiger partial charge in [-0.1, -0.05) is 20.3 Å². The first-order valence-corrected chi connectivity index (χ1v) is 8.24. The van der Waals surface area contributed by atoms with E-state index in [-0.39, 0.29) is 12.1 Å². The van der Waals surface area contributed by atoms with E-state index in [1.165, 1.54) is 32.8 Å². The van der Waals surface area contributed by atoms with Crippen molar-refractivity contribution in [2.24, 2.45) is 23.2 Å². The average Bonchev–Trinajstić information content (AvgIpc) is 2.77. The summed E-state index contributed by atoms with van der Waals surface area (Å²) < 4.78 is 4.71. The maximum atomic E-state index is 11.2. The van der Waals surface area contributed by atoms with E-state index < -0.39 is 0 Å². The van der Waals surface area contributed by atoms with Crippen molar-refractivity contribution in [2.45, 2.75) is 71.3 Å². The Morgan fingerprint density at radius 2 is 2.15 bits per heavy atom. The first kappa shape index (κ1) is 15.8. The minimum absolute atomic E-state index is 0.0824. The second-order valence-electron chi connectivity index (χ2n) is 7.20. The number of esters is 1. The fraction of sp³-hybridized carbons (Fsp3) is 0.941. The molecule has 116 valence electrons. The highest BCUT2D eigenvalue weighted by Crippen LogP contribution is 2.58. The van der Waals surface area contributed by atoms with Gasteiger partial charge in [-0.2, -0.15) is 0 Å². The number of rotatable bonds is 5. The summed E-state index contributed by atoms with van der Waals surface area (Å²) in [4.78, 5) is 11.2. The second kappa shape index (κ2) is 6.46. The predicted molar refractivity (Wildman–Crippen MR) is 79.2 cm³/mol. The lowest BCUT2D eigenvalue weighted by Gasteiger charge is -2.45. The molecule has 3 nitrogen and oxygen atoms in total. The fourth-order valence-corrected chi connectivity index (χ4v) is 5.00. The first-order valence-electron chi connectivity index (χ1n) is 8.24.